The number of rotatable bonds is 6. The summed E-state index contributed by atoms with van der Waals surface area (Å²) >= 11 is 11.4. The average Bonchev–Trinajstić information content (AvgIpc) is 2.72. The van der Waals surface area contributed by atoms with Crippen molar-refractivity contribution in [1.82, 2.24) is 0 Å². The highest BCUT2D eigenvalue weighted by Gasteiger charge is 2.14. The van der Waals surface area contributed by atoms with Crippen LogP contribution in [0.3, 0.4) is 0 Å². The lowest BCUT2D eigenvalue weighted by atomic mass is 10.2. The Balaban J connectivity index is 1.66. The molecule has 0 unspecified atom stereocenters. The first kappa shape index (κ1) is 21.9. The van der Waals surface area contributed by atoms with E-state index in [1.807, 2.05) is 19.1 Å². The van der Waals surface area contributed by atoms with Crippen molar-refractivity contribution >= 4 is 56.0 Å². The lowest BCUT2D eigenvalue weighted by molar-refractivity contribution is 0.415. The minimum absolute atomic E-state index is 0.133. The van der Waals surface area contributed by atoms with Crippen LogP contribution in [0.1, 0.15) is 5.56 Å². The summed E-state index contributed by atoms with van der Waals surface area (Å²) in [6.45, 7) is 1.89. The highest BCUT2D eigenvalue weighted by atomic mass is 35.5. The first-order chi connectivity index (χ1) is 14.3. The van der Waals surface area contributed by atoms with Gasteiger partial charge in [0.05, 0.1) is 12.0 Å². The van der Waals surface area contributed by atoms with Gasteiger partial charge in [-0.1, -0.05) is 17.7 Å². The van der Waals surface area contributed by atoms with Gasteiger partial charge >= 0.3 is 0 Å². The zero-order chi connectivity index (χ0) is 21.7. The van der Waals surface area contributed by atoms with Crippen LogP contribution in [0.25, 0.3) is 0 Å². The van der Waals surface area contributed by atoms with Gasteiger partial charge in [-0.15, -0.1) is 0 Å². The maximum Gasteiger partial charge on any atom is 0.261 e. The van der Waals surface area contributed by atoms with Gasteiger partial charge in [0.15, 0.2) is 5.11 Å². The van der Waals surface area contributed by atoms with E-state index < -0.39 is 10.0 Å². The number of thiocarbonyl (C=S) groups is 1. The van der Waals surface area contributed by atoms with Crippen molar-refractivity contribution < 1.29 is 13.2 Å². The molecule has 0 saturated carbocycles. The Morgan fingerprint density at radius 3 is 2.20 bits per heavy atom. The standard InChI is InChI=1S/C21H20ClN3O3S2/c1-14-19(22)4-3-5-20(14)24-21(29)23-15-8-12-18(13-9-15)30(26,27)25-16-6-10-17(28-2)11-7-16/h3-13,25H,1-2H3,(H2,23,24,29). The van der Waals surface area contributed by atoms with Crippen LogP contribution < -0.4 is 20.1 Å². The summed E-state index contributed by atoms with van der Waals surface area (Å²) in [5.41, 5.74) is 2.77. The van der Waals surface area contributed by atoms with E-state index in [0.29, 0.717) is 27.3 Å². The van der Waals surface area contributed by atoms with E-state index in [9.17, 15) is 8.42 Å². The van der Waals surface area contributed by atoms with Gasteiger partial charge in [-0.25, -0.2) is 8.42 Å². The molecule has 0 heterocycles. The molecule has 0 bridgehead atoms. The summed E-state index contributed by atoms with van der Waals surface area (Å²) in [6.07, 6.45) is 0. The fourth-order valence-corrected chi connectivity index (χ4v) is 4.08. The van der Waals surface area contributed by atoms with Gasteiger partial charge in [-0.2, -0.15) is 0 Å². The van der Waals surface area contributed by atoms with E-state index in [4.69, 9.17) is 28.6 Å². The molecule has 0 amide bonds. The number of anilines is 3. The summed E-state index contributed by atoms with van der Waals surface area (Å²) in [5, 5.41) is 7.12. The van der Waals surface area contributed by atoms with Gasteiger partial charge in [-0.3, -0.25) is 4.72 Å². The quantitative estimate of drug-likeness (QED) is 0.434. The summed E-state index contributed by atoms with van der Waals surface area (Å²) in [6, 6.07) is 18.4. The van der Waals surface area contributed by atoms with Gasteiger partial charge < -0.3 is 15.4 Å². The normalized spacial score (nSPS) is 10.9. The molecular formula is C21H20ClN3O3S2. The molecule has 0 aromatic heterocycles. The Kier molecular flexibility index (Phi) is 6.81. The predicted molar refractivity (Wildman–Crippen MR) is 126 cm³/mol. The Labute approximate surface area is 186 Å². The first-order valence-corrected chi connectivity index (χ1v) is 11.2. The molecule has 30 heavy (non-hydrogen) atoms. The van der Waals surface area contributed by atoms with Crippen LogP contribution in [-0.2, 0) is 10.0 Å². The minimum atomic E-state index is -3.72. The van der Waals surface area contributed by atoms with Crippen LogP contribution in [0.5, 0.6) is 5.75 Å². The third-order valence-electron chi connectivity index (χ3n) is 4.28. The van der Waals surface area contributed by atoms with Gasteiger partial charge in [0.25, 0.3) is 10.0 Å². The van der Waals surface area contributed by atoms with Crippen molar-refractivity contribution in [2.24, 2.45) is 0 Å². The zero-order valence-corrected chi connectivity index (χ0v) is 18.7. The van der Waals surface area contributed by atoms with Crippen LogP contribution in [0, 0.1) is 6.92 Å². The number of halogens is 1. The Morgan fingerprint density at radius 2 is 1.57 bits per heavy atom. The number of benzene rings is 3. The van der Waals surface area contributed by atoms with Crippen LogP contribution in [0.2, 0.25) is 5.02 Å². The van der Waals surface area contributed by atoms with Gasteiger partial charge in [0, 0.05) is 22.1 Å². The van der Waals surface area contributed by atoms with Crippen LogP contribution in [0.4, 0.5) is 17.1 Å². The van der Waals surface area contributed by atoms with Crippen molar-refractivity contribution in [1.29, 1.82) is 0 Å². The SMILES string of the molecule is COc1ccc(NS(=O)(=O)c2ccc(NC(=S)Nc3cccc(Cl)c3C)cc2)cc1. The van der Waals surface area contributed by atoms with Crippen molar-refractivity contribution in [3.63, 3.8) is 0 Å². The van der Waals surface area contributed by atoms with E-state index in [2.05, 4.69) is 15.4 Å². The van der Waals surface area contributed by atoms with E-state index in [-0.39, 0.29) is 4.90 Å². The second-order valence-electron chi connectivity index (χ2n) is 6.35. The largest absolute Gasteiger partial charge is 0.497 e. The molecule has 0 aliphatic heterocycles. The summed E-state index contributed by atoms with van der Waals surface area (Å²) in [5.74, 6) is 0.644. The number of ether oxygens (including phenoxy) is 1. The number of hydrogen-bond donors (Lipinski definition) is 3. The maximum absolute atomic E-state index is 12.6. The van der Waals surface area contributed by atoms with E-state index in [1.54, 1.807) is 49.6 Å². The van der Waals surface area contributed by atoms with Crippen LogP contribution in [-0.4, -0.2) is 20.6 Å². The highest BCUT2D eigenvalue weighted by molar-refractivity contribution is 7.92. The minimum Gasteiger partial charge on any atom is -0.497 e. The lowest BCUT2D eigenvalue weighted by Gasteiger charge is -2.14. The first-order valence-electron chi connectivity index (χ1n) is 8.88. The van der Waals surface area contributed by atoms with Crippen molar-refractivity contribution in [3.8, 4) is 5.75 Å². The van der Waals surface area contributed by atoms with Crippen LogP contribution in [0.15, 0.2) is 71.6 Å². The Morgan fingerprint density at radius 1 is 0.933 bits per heavy atom. The highest BCUT2D eigenvalue weighted by Crippen LogP contribution is 2.24. The molecule has 6 nitrogen and oxygen atoms in total. The Hall–Kier alpha value is -2.81. The van der Waals surface area contributed by atoms with Crippen molar-refractivity contribution in [2.75, 3.05) is 22.5 Å². The second-order valence-corrected chi connectivity index (χ2v) is 8.85. The number of nitrogens with one attached hydrogen (secondary N) is 3. The molecule has 0 aliphatic rings. The molecule has 9 heteroatoms. The third kappa shape index (κ3) is 5.41. The molecule has 3 aromatic rings. The topological polar surface area (TPSA) is 79.5 Å². The number of hydrogen-bond acceptors (Lipinski definition) is 4. The molecule has 0 atom stereocenters. The molecule has 0 aliphatic carbocycles. The van der Waals surface area contributed by atoms with Crippen molar-refractivity contribution in [3.05, 3.63) is 77.3 Å². The monoisotopic (exact) mass is 461 g/mol. The van der Waals surface area contributed by atoms with Crippen molar-refractivity contribution in [2.45, 2.75) is 11.8 Å². The Bertz CT molecular complexity index is 1150. The molecule has 3 rings (SSSR count). The fraction of sp³-hybridized carbons (Fsp3) is 0.0952. The molecular weight excluding hydrogens is 442 g/mol. The second kappa shape index (κ2) is 9.34. The molecule has 0 saturated heterocycles. The fourth-order valence-electron chi connectivity index (χ4n) is 2.62. The van der Waals surface area contributed by atoms with E-state index in [0.717, 1.165) is 11.3 Å². The molecule has 0 fully saturated rings. The maximum atomic E-state index is 12.6. The number of sulfonamides is 1. The van der Waals surface area contributed by atoms with E-state index in [1.165, 1.54) is 12.1 Å². The van der Waals surface area contributed by atoms with Gasteiger partial charge in [-0.05, 0) is 85.4 Å². The van der Waals surface area contributed by atoms with E-state index >= 15 is 0 Å². The number of methoxy groups -OCH3 is 1. The summed E-state index contributed by atoms with van der Waals surface area (Å²) in [4.78, 5) is 0.133. The summed E-state index contributed by atoms with van der Waals surface area (Å²) in [7, 11) is -2.17. The summed E-state index contributed by atoms with van der Waals surface area (Å²) < 4.78 is 32.8. The molecule has 3 N–H and O–H groups in total. The molecule has 0 spiro atoms. The van der Waals surface area contributed by atoms with Gasteiger partial charge in [0.2, 0.25) is 0 Å². The third-order valence-corrected chi connectivity index (χ3v) is 6.29. The zero-order valence-electron chi connectivity index (χ0n) is 16.3. The molecule has 156 valence electrons. The molecule has 0 radical (unpaired) electrons. The molecule has 3 aromatic carbocycles. The van der Waals surface area contributed by atoms with Crippen LogP contribution >= 0.6 is 23.8 Å². The average molecular weight is 462 g/mol. The van der Waals surface area contributed by atoms with Gasteiger partial charge in [0.1, 0.15) is 5.75 Å². The lowest BCUT2D eigenvalue weighted by Crippen LogP contribution is -2.19. The smallest absolute Gasteiger partial charge is 0.261 e. The predicted octanol–water partition coefficient (Wildman–Crippen LogP) is 5.27.